The molecule has 1 aromatic rings. The Kier molecular flexibility index (Phi) is 6.01. The maximum Gasteiger partial charge on any atom is 0.317 e. The van der Waals surface area contributed by atoms with E-state index < -0.39 is 12.1 Å². The molecule has 0 aliphatic carbocycles. The average Bonchev–Trinajstić information content (AvgIpc) is 2.84. The van der Waals surface area contributed by atoms with Crippen LogP contribution in [0.3, 0.4) is 0 Å². The van der Waals surface area contributed by atoms with Gasteiger partial charge in [-0.3, -0.25) is 4.79 Å². The first-order chi connectivity index (χ1) is 10.0. The van der Waals surface area contributed by atoms with Gasteiger partial charge in [-0.05, 0) is 34.5 Å². The fourth-order valence-electron chi connectivity index (χ4n) is 2.11. The number of aliphatic carboxylic acids is 1. The van der Waals surface area contributed by atoms with Gasteiger partial charge in [0.1, 0.15) is 0 Å². The predicted molar refractivity (Wildman–Crippen MR) is 82.7 cm³/mol. The lowest BCUT2D eigenvalue weighted by molar-refractivity contribution is -0.141. The molecule has 1 aliphatic heterocycles. The zero-order valence-electron chi connectivity index (χ0n) is 11.4. The van der Waals surface area contributed by atoms with E-state index in [1.807, 2.05) is 12.1 Å². The zero-order valence-corrected chi connectivity index (χ0v) is 13.8. The van der Waals surface area contributed by atoms with Gasteiger partial charge in [0.2, 0.25) is 0 Å². The highest BCUT2D eigenvalue weighted by Crippen LogP contribution is 2.22. The van der Waals surface area contributed by atoms with Gasteiger partial charge in [0, 0.05) is 24.5 Å². The number of carboxylic acid groups (broad SMARTS) is 1. The maximum absolute atomic E-state index is 12.0. The van der Waals surface area contributed by atoms with Crippen LogP contribution in [0.1, 0.15) is 11.3 Å². The Bertz CT molecular complexity index is 508. The van der Waals surface area contributed by atoms with E-state index in [0.29, 0.717) is 26.2 Å². The zero-order chi connectivity index (χ0) is 15.2. The van der Waals surface area contributed by atoms with Crippen molar-refractivity contribution < 1.29 is 19.4 Å². The van der Waals surface area contributed by atoms with Gasteiger partial charge in [-0.1, -0.05) is 0 Å². The molecule has 1 unspecified atom stereocenters. The van der Waals surface area contributed by atoms with Gasteiger partial charge in [0.05, 0.1) is 22.9 Å². The van der Waals surface area contributed by atoms with Crippen LogP contribution in [0.4, 0.5) is 4.79 Å². The molecule has 8 heteroatoms. The van der Waals surface area contributed by atoms with Crippen LogP contribution >= 0.6 is 27.3 Å². The summed E-state index contributed by atoms with van der Waals surface area (Å²) in [7, 11) is 0. The maximum atomic E-state index is 12.0. The number of rotatable bonds is 5. The van der Waals surface area contributed by atoms with Gasteiger partial charge >= 0.3 is 12.0 Å². The number of thiophene rings is 1. The predicted octanol–water partition coefficient (Wildman–Crippen LogP) is 1.94. The van der Waals surface area contributed by atoms with Crippen LogP contribution in [-0.2, 0) is 16.0 Å². The van der Waals surface area contributed by atoms with Crippen LogP contribution in [0.15, 0.2) is 15.9 Å². The van der Waals surface area contributed by atoms with Crippen molar-refractivity contribution >= 4 is 39.3 Å². The largest absolute Gasteiger partial charge is 0.481 e. The highest BCUT2D eigenvalue weighted by atomic mass is 79.9. The molecule has 0 saturated carbocycles. The van der Waals surface area contributed by atoms with Gasteiger partial charge in [-0.2, -0.15) is 0 Å². The van der Waals surface area contributed by atoms with Gasteiger partial charge < -0.3 is 20.1 Å². The summed E-state index contributed by atoms with van der Waals surface area (Å²) in [6.45, 7) is 1.76. The Morgan fingerprint density at radius 3 is 3.00 bits per heavy atom. The molecular formula is C13H17BrN2O4S. The number of hydrogen-bond acceptors (Lipinski definition) is 4. The Hall–Kier alpha value is -1.12. The molecule has 0 spiro atoms. The Balaban J connectivity index is 1.73. The average molecular weight is 377 g/mol. The van der Waals surface area contributed by atoms with Crippen molar-refractivity contribution in [1.82, 2.24) is 10.2 Å². The lowest BCUT2D eigenvalue weighted by atomic mass is 10.2. The standard InChI is InChI=1S/C13H17BrN2O4S/c14-11-2-1-10(21-11)3-4-15-13(19)16-5-6-20-9(8-16)7-12(17)18/h1-2,9H,3-8H2,(H,15,19)(H,17,18). The molecule has 2 N–H and O–H groups in total. The topological polar surface area (TPSA) is 78.9 Å². The number of carboxylic acids is 1. The first-order valence-electron chi connectivity index (χ1n) is 6.65. The molecule has 1 saturated heterocycles. The number of carbonyl (C=O) groups is 2. The van der Waals surface area contributed by atoms with Crippen LogP contribution in [0.5, 0.6) is 0 Å². The fraction of sp³-hybridized carbons (Fsp3) is 0.538. The normalized spacial score (nSPS) is 18.5. The molecule has 6 nitrogen and oxygen atoms in total. The van der Waals surface area contributed by atoms with Crippen molar-refractivity contribution in [1.29, 1.82) is 0 Å². The molecule has 0 radical (unpaired) electrons. The van der Waals surface area contributed by atoms with Gasteiger partial charge in [0.25, 0.3) is 0 Å². The summed E-state index contributed by atoms with van der Waals surface area (Å²) in [5.74, 6) is -0.912. The van der Waals surface area contributed by atoms with E-state index in [1.165, 1.54) is 4.88 Å². The van der Waals surface area contributed by atoms with E-state index in [9.17, 15) is 9.59 Å². The number of amides is 2. The lowest BCUT2D eigenvalue weighted by Crippen LogP contribution is -2.50. The van der Waals surface area contributed by atoms with Crippen molar-refractivity contribution in [2.24, 2.45) is 0 Å². The van der Waals surface area contributed by atoms with Crippen molar-refractivity contribution in [2.45, 2.75) is 18.9 Å². The van der Waals surface area contributed by atoms with Crippen molar-refractivity contribution in [3.63, 3.8) is 0 Å². The third-order valence-corrected chi connectivity index (χ3v) is 4.79. The van der Waals surface area contributed by atoms with E-state index in [1.54, 1.807) is 16.2 Å². The first kappa shape index (κ1) is 16.3. The third-order valence-electron chi connectivity index (χ3n) is 3.10. The molecule has 1 aliphatic rings. The van der Waals surface area contributed by atoms with E-state index in [2.05, 4.69) is 21.2 Å². The van der Waals surface area contributed by atoms with Crippen LogP contribution in [0, 0.1) is 0 Å². The summed E-state index contributed by atoms with van der Waals surface area (Å²) >= 11 is 5.05. The number of hydrogen-bond donors (Lipinski definition) is 2. The van der Waals surface area contributed by atoms with Crippen LogP contribution in [-0.4, -0.2) is 54.4 Å². The molecule has 0 bridgehead atoms. The molecule has 0 aromatic carbocycles. The Morgan fingerprint density at radius 2 is 2.33 bits per heavy atom. The molecular weight excluding hydrogens is 360 g/mol. The SMILES string of the molecule is O=C(O)CC1CN(C(=O)NCCc2ccc(Br)s2)CCO1. The Labute approximate surface area is 135 Å². The second-order valence-electron chi connectivity index (χ2n) is 4.72. The smallest absolute Gasteiger partial charge is 0.317 e. The third kappa shape index (κ3) is 5.29. The highest BCUT2D eigenvalue weighted by molar-refractivity contribution is 9.11. The monoisotopic (exact) mass is 376 g/mol. The summed E-state index contributed by atoms with van der Waals surface area (Å²) in [5.41, 5.74) is 0. The van der Waals surface area contributed by atoms with Crippen LogP contribution in [0.25, 0.3) is 0 Å². The van der Waals surface area contributed by atoms with Gasteiger partial charge in [-0.25, -0.2) is 4.79 Å². The first-order valence-corrected chi connectivity index (χ1v) is 8.26. The second kappa shape index (κ2) is 7.77. The van der Waals surface area contributed by atoms with Gasteiger partial charge in [0.15, 0.2) is 0 Å². The number of ether oxygens (including phenoxy) is 1. The molecule has 116 valence electrons. The van der Waals surface area contributed by atoms with E-state index in [4.69, 9.17) is 9.84 Å². The van der Waals surface area contributed by atoms with Gasteiger partial charge in [-0.15, -0.1) is 11.3 Å². The summed E-state index contributed by atoms with van der Waals surface area (Å²) in [4.78, 5) is 25.5. The summed E-state index contributed by atoms with van der Waals surface area (Å²) in [6, 6.07) is 3.85. The van der Waals surface area contributed by atoms with Crippen molar-refractivity contribution in [2.75, 3.05) is 26.2 Å². The summed E-state index contributed by atoms with van der Waals surface area (Å²) in [5, 5.41) is 11.6. The molecule has 1 atom stereocenters. The minimum atomic E-state index is -0.912. The number of carbonyl (C=O) groups excluding carboxylic acids is 1. The molecule has 1 fully saturated rings. The fourth-order valence-corrected chi connectivity index (χ4v) is 3.60. The molecule has 2 amide bonds. The second-order valence-corrected chi connectivity index (χ2v) is 7.27. The van der Waals surface area contributed by atoms with Crippen LogP contribution in [0.2, 0.25) is 0 Å². The Morgan fingerprint density at radius 1 is 1.52 bits per heavy atom. The molecule has 2 rings (SSSR count). The molecule has 2 heterocycles. The number of nitrogens with one attached hydrogen (secondary N) is 1. The number of halogens is 1. The summed E-state index contributed by atoms with van der Waals surface area (Å²) < 4.78 is 6.42. The molecule has 21 heavy (non-hydrogen) atoms. The number of morpholine rings is 1. The lowest BCUT2D eigenvalue weighted by Gasteiger charge is -2.32. The van der Waals surface area contributed by atoms with Crippen LogP contribution < -0.4 is 5.32 Å². The van der Waals surface area contributed by atoms with E-state index in [-0.39, 0.29) is 12.5 Å². The quantitative estimate of drug-likeness (QED) is 0.822. The molecule has 1 aromatic heterocycles. The van der Waals surface area contributed by atoms with Crippen molar-refractivity contribution in [3.8, 4) is 0 Å². The van der Waals surface area contributed by atoms with E-state index >= 15 is 0 Å². The minimum absolute atomic E-state index is 0.0764. The number of nitrogens with zero attached hydrogens (tertiary/aromatic N) is 1. The minimum Gasteiger partial charge on any atom is -0.481 e. The van der Waals surface area contributed by atoms with Crippen molar-refractivity contribution in [3.05, 3.63) is 20.8 Å². The highest BCUT2D eigenvalue weighted by Gasteiger charge is 2.25. The number of urea groups is 1. The van der Waals surface area contributed by atoms with E-state index in [0.717, 1.165) is 10.2 Å². The summed E-state index contributed by atoms with van der Waals surface area (Å²) in [6.07, 6.45) is 0.285.